The molecule has 0 N–H and O–H groups in total. The molecule has 5 nitrogen and oxygen atoms in total. The van der Waals surface area contributed by atoms with Crippen LogP contribution in [0.15, 0.2) is 54.4 Å². The Bertz CT molecular complexity index is 919. The summed E-state index contributed by atoms with van der Waals surface area (Å²) in [4.78, 5) is 34.4. The maximum Gasteiger partial charge on any atom is 0.278 e. The van der Waals surface area contributed by atoms with Gasteiger partial charge in [0, 0.05) is 19.3 Å². The lowest BCUT2D eigenvalue weighted by Gasteiger charge is -2.33. The van der Waals surface area contributed by atoms with Crippen molar-refractivity contribution >= 4 is 17.4 Å². The van der Waals surface area contributed by atoms with Gasteiger partial charge >= 0.3 is 0 Å². The lowest BCUT2D eigenvalue weighted by atomic mass is 9.97. The lowest BCUT2D eigenvalue weighted by molar-refractivity contribution is -0.138. The number of benzene rings is 1. The molecule has 1 fully saturated rings. The number of hydrogen-bond donors (Lipinski definition) is 0. The van der Waals surface area contributed by atoms with Crippen LogP contribution in [-0.2, 0) is 16.1 Å². The van der Waals surface area contributed by atoms with Gasteiger partial charge in [-0.25, -0.2) is 0 Å². The molecule has 28 heavy (non-hydrogen) atoms. The van der Waals surface area contributed by atoms with E-state index in [2.05, 4.69) is 16.8 Å². The number of hydrogen-bond acceptors (Lipinski definition) is 4. The number of pyridine rings is 1. The molecule has 1 unspecified atom stereocenters. The lowest BCUT2D eigenvalue weighted by Crippen LogP contribution is -2.39. The van der Waals surface area contributed by atoms with Crippen molar-refractivity contribution in [2.45, 2.75) is 33.2 Å². The normalized spacial score (nSPS) is 20.3. The van der Waals surface area contributed by atoms with Crippen LogP contribution >= 0.6 is 0 Å². The molecule has 2 aromatic rings. The predicted molar refractivity (Wildman–Crippen MR) is 108 cm³/mol. The van der Waals surface area contributed by atoms with Crippen molar-refractivity contribution in [2.75, 3.05) is 13.1 Å². The Labute approximate surface area is 165 Å². The first kappa shape index (κ1) is 18.4. The van der Waals surface area contributed by atoms with Crippen molar-refractivity contribution in [1.29, 1.82) is 0 Å². The third kappa shape index (κ3) is 3.44. The second-order valence-electron chi connectivity index (χ2n) is 7.80. The smallest absolute Gasteiger partial charge is 0.278 e. The van der Waals surface area contributed by atoms with Crippen LogP contribution in [0.5, 0.6) is 0 Å². The summed E-state index contributed by atoms with van der Waals surface area (Å²) < 4.78 is 0. The molecular weight excluding hydrogens is 350 g/mol. The highest BCUT2D eigenvalue weighted by atomic mass is 16.2. The van der Waals surface area contributed by atoms with Gasteiger partial charge in [0.2, 0.25) is 0 Å². The first-order valence-electron chi connectivity index (χ1n) is 9.87. The first-order valence-corrected chi connectivity index (χ1v) is 9.87. The van der Waals surface area contributed by atoms with Gasteiger partial charge in [-0.2, -0.15) is 0 Å². The van der Waals surface area contributed by atoms with E-state index in [4.69, 9.17) is 0 Å². The molecule has 0 bridgehead atoms. The van der Waals surface area contributed by atoms with Crippen molar-refractivity contribution in [3.8, 4) is 0 Å². The van der Waals surface area contributed by atoms with E-state index in [-0.39, 0.29) is 18.4 Å². The number of piperidine rings is 1. The van der Waals surface area contributed by atoms with Gasteiger partial charge in [0.25, 0.3) is 11.8 Å². The summed E-state index contributed by atoms with van der Waals surface area (Å²) in [6.07, 6.45) is 3.87. The molecule has 0 radical (unpaired) electrons. The van der Waals surface area contributed by atoms with Crippen molar-refractivity contribution in [3.05, 3.63) is 71.2 Å². The minimum absolute atomic E-state index is 0.195. The fourth-order valence-electron chi connectivity index (χ4n) is 4.03. The van der Waals surface area contributed by atoms with E-state index in [9.17, 15) is 9.59 Å². The van der Waals surface area contributed by atoms with E-state index in [0.717, 1.165) is 37.1 Å². The van der Waals surface area contributed by atoms with Crippen molar-refractivity contribution < 1.29 is 9.59 Å². The average molecular weight is 375 g/mol. The second-order valence-corrected chi connectivity index (χ2v) is 7.80. The molecule has 2 amide bonds. The minimum atomic E-state index is -0.229. The van der Waals surface area contributed by atoms with Gasteiger partial charge in [-0.05, 0) is 43.4 Å². The van der Waals surface area contributed by atoms with Gasteiger partial charge < -0.3 is 4.90 Å². The molecule has 0 saturated carbocycles. The largest absolute Gasteiger partial charge is 0.366 e. The fraction of sp³-hybridized carbons (Fsp3) is 0.348. The summed E-state index contributed by atoms with van der Waals surface area (Å²) in [7, 11) is 0. The Morgan fingerprint density at radius 1 is 1.07 bits per heavy atom. The molecule has 1 aromatic heterocycles. The number of imide groups is 1. The maximum atomic E-state index is 13.4. The van der Waals surface area contributed by atoms with E-state index in [1.165, 1.54) is 4.90 Å². The third-order valence-corrected chi connectivity index (χ3v) is 5.50. The number of amides is 2. The highest BCUT2D eigenvalue weighted by molar-refractivity contribution is 6.35. The maximum absolute atomic E-state index is 13.4. The quantitative estimate of drug-likeness (QED) is 0.769. The highest BCUT2D eigenvalue weighted by Gasteiger charge is 2.42. The zero-order chi connectivity index (χ0) is 19.7. The number of nitrogens with zero attached hydrogens (tertiary/aromatic N) is 3. The summed E-state index contributed by atoms with van der Waals surface area (Å²) in [5.74, 6) is 0.0707. The Kier molecular flexibility index (Phi) is 4.99. The summed E-state index contributed by atoms with van der Waals surface area (Å²) in [6.45, 7) is 6.03. The average Bonchev–Trinajstić information content (AvgIpc) is 2.94. The molecule has 0 aliphatic carbocycles. The van der Waals surface area contributed by atoms with E-state index < -0.39 is 0 Å². The zero-order valence-corrected chi connectivity index (χ0v) is 16.4. The molecule has 1 aromatic carbocycles. The molecule has 2 aliphatic rings. The van der Waals surface area contributed by atoms with E-state index in [0.29, 0.717) is 22.9 Å². The zero-order valence-electron chi connectivity index (χ0n) is 16.4. The van der Waals surface area contributed by atoms with Crippen LogP contribution in [0.2, 0.25) is 0 Å². The van der Waals surface area contributed by atoms with Crippen molar-refractivity contribution in [2.24, 2.45) is 5.92 Å². The highest BCUT2D eigenvalue weighted by Crippen LogP contribution is 2.34. The van der Waals surface area contributed by atoms with Crippen LogP contribution < -0.4 is 0 Å². The molecule has 1 saturated heterocycles. The molecule has 0 spiro atoms. The van der Waals surface area contributed by atoms with E-state index >= 15 is 0 Å². The van der Waals surface area contributed by atoms with Gasteiger partial charge in [0.1, 0.15) is 5.70 Å². The van der Waals surface area contributed by atoms with E-state index in [1.807, 2.05) is 49.4 Å². The Balaban J connectivity index is 1.74. The molecule has 144 valence electrons. The number of aryl methyl sites for hydroxylation is 1. The van der Waals surface area contributed by atoms with Gasteiger partial charge in [-0.1, -0.05) is 42.8 Å². The van der Waals surface area contributed by atoms with Crippen LogP contribution in [0.3, 0.4) is 0 Å². The predicted octanol–water partition coefficient (Wildman–Crippen LogP) is 3.40. The molecule has 4 rings (SSSR count). The van der Waals surface area contributed by atoms with Crippen LogP contribution in [-0.4, -0.2) is 39.7 Å². The SMILES string of the molecule is Cc1ccc(C2=C(N3CCCC(C)C3)C(=O)N(Cc3ccccn3)C2=O)cc1. The van der Waals surface area contributed by atoms with Crippen LogP contribution in [0, 0.1) is 12.8 Å². The standard InChI is InChI=1S/C23H25N3O2/c1-16-8-10-18(11-9-16)20-21(25-13-5-6-17(2)14-25)23(28)26(22(20)27)15-19-7-3-4-12-24-19/h3-4,7-12,17H,5-6,13-15H2,1-2H3. The van der Waals surface area contributed by atoms with Gasteiger partial charge in [0.05, 0.1) is 17.8 Å². The molecule has 5 heteroatoms. The minimum Gasteiger partial charge on any atom is -0.366 e. The second kappa shape index (κ2) is 7.58. The summed E-state index contributed by atoms with van der Waals surface area (Å²) in [5, 5.41) is 0. The molecule has 1 atom stereocenters. The summed E-state index contributed by atoms with van der Waals surface area (Å²) >= 11 is 0. The Hall–Kier alpha value is -2.95. The molecule has 2 aliphatic heterocycles. The first-order chi connectivity index (χ1) is 13.5. The summed E-state index contributed by atoms with van der Waals surface area (Å²) in [6, 6.07) is 13.4. The Morgan fingerprint density at radius 3 is 2.54 bits per heavy atom. The monoisotopic (exact) mass is 375 g/mol. The van der Waals surface area contributed by atoms with Gasteiger partial charge in [0.15, 0.2) is 0 Å². The number of carbonyl (C=O) groups excluding carboxylic acids is 2. The number of aromatic nitrogens is 1. The Morgan fingerprint density at radius 2 is 1.86 bits per heavy atom. The third-order valence-electron chi connectivity index (χ3n) is 5.50. The number of likely N-dealkylation sites (tertiary alicyclic amines) is 1. The molecular formula is C23H25N3O2. The van der Waals surface area contributed by atoms with Gasteiger partial charge in [-0.3, -0.25) is 19.5 Å². The fourth-order valence-corrected chi connectivity index (χ4v) is 4.03. The molecule has 3 heterocycles. The van der Waals surface area contributed by atoms with Crippen molar-refractivity contribution in [1.82, 2.24) is 14.8 Å². The van der Waals surface area contributed by atoms with Crippen LogP contribution in [0.25, 0.3) is 5.57 Å². The van der Waals surface area contributed by atoms with Gasteiger partial charge in [-0.15, -0.1) is 0 Å². The van der Waals surface area contributed by atoms with Crippen LogP contribution in [0.4, 0.5) is 0 Å². The topological polar surface area (TPSA) is 53.5 Å². The van der Waals surface area contributed by atoms with E-state index in [1.54, 1.807) is 6.20 Å². The number of rotatable bonds is 4. The van der Waals surface area contributed by atoms with Crippen molar-refractivity contribution in [3.63, 3.8) is 0 Å². The van der Waals surface area contributed by atoms with Crippen LogP contribution in [0.1, 0.15) is 36.6 Å². The number of carbonyl (C=O) groups is 2. The summed E-state index contributed by atoms with van der Waals surface area (Å²) in [5.41, 5.74) is 3.72.